The predicted molar refractivity (Wildman–Crippen MR) is 52.7 cm³/mol. The second kappa shape index (κ2) is 5.58. The van der Waals surface area contributed by atoms with Crippen LogP contribution in [-0.4, -0.2) is 31.5 Å². The van der Waals surface area contributed by atoms with Gasteiger partial charge >= 0.3 is 0 Å². The van der Waals surface area contributed by atoms with Crippen molar-refractivity contribution in [2.45, 2.75) is 51.4 Å². The van der Waals surface area contributed by atoms with Crippen molar-refractivity contribution in [3.63, 3.8) is 0 Å². The Labute approximate surface area is 80.6 Å². The van der Waals surface area contributed by atoms with Crippen LogP contribution in [0, 0.1) is 0 Å². The molecule has 3 nitrogen and oxygen atoms in total. The number of ether oxygens (including phenoxy) is 2. The summed E-state index contributed by atoms with van der Waals surface area (Å²) in [6, 6.07) is 0.101. The van der Waals surface area contributed by atoms with Gasteiger partial charge in [-0.25, -0.2) is 0 Å². The van der Waals surface area contributed by atoms with Gasteiger partial charge in [-0.1, -0.05) is 0 Å². The van der Waals surface area contributed by atoms with Crippen LogP contribution in [0.4, 0.5) is 0 Å². The summed E-state index contributed by atoms with van der Waals surface area (Å²) >= 11 is 0. The van der Waals surface area contributed by atoms with E-state index < -0.39 is 0 Å². The van der Waals surface area contributed by atoms with Gasteiger partial charge in [-0.3, -0.25) is 0 Å². The molecular formula is C10H21NO2. The first-order chi connectivity index (χ1) is 6.20. The smallest absolute Gasteiger partial charge is 0.0808 e. The Bertz CT molecular complexity index is 133. The molecule has 1 fully saturated rings. The maximum absolute atomic E-state index is 5.69. The van der Waals surface area contributed by atoms with E-state index in [1.165, 1.54) is 12.8 Å². The first-order valence-electron chi connectivity index (χ1n) is 5.19. The van der Waals surface area contributed by atoms with E-state index in [0.717, 1.165) is 13.0 Å². The Morgan fingerprint density at radius 3 is 2.77 bits per heavy atom. The van der Waals surface area contributed by atoms with Gasteiger partial charge in [0.1, 0.15) is 0 Å². The van der Waals surface area contributed by atoms with Crippen LogP contribution in [0.25, 0.3) is 0 Å². The first kappa shape index (κ1) is 11.0. The average Bonchev–Trinajstić information content (AvgIpc) is 2.15. The number of rotatable bonds is 4. The SMILES string of the molecule is CC(OCC1CCCCO1)[C@H](C)N. The van der Waals surface area contributed by atoms with Crippen LogP contribution in [0.5, 0.6) is 0 Å². The van der Waals surface area contributed by atoms with E-state index in [2.05, 4.69) is 0 Å². The molecule has 0 aromatic heterocycles. The minimum atomic E-state index is 0.101. The summed E-state index contributed by atoms with van der Waals surface area (Å²) in [7, 11) is 0. The monoisotopic (exact) mass is 187 g/mol. The summed E-state index contributed by atoms with van der Waals surface area (Å²) < 4.78 is 11.1. The van der Waals surface area contributed by atoms with Gasteiger partial charge in [-0.15, -0.1) is 0 Å². The Morgan fingerprint density at radius 2 is 2.23 bits per heavy atom. The minimum absolute atomic E-state index is 0.101. The van der Waals surface area contributed by atoms with Crippen molar-refractivity contribution >= 4 is 0 Å². The van der Waals surface area contributed by atoms with E-state index in [1.54, 1.807) is 0 Å². The van der Waals surface area contributed by atoms with Crippen LogP contribution in [0.3, 0.4) is 0 Å². The highest BCUT2D eigenvalue weighted by atomic mass is 16.5. The molecule has 1 saturated heterocycles. The summed E-state index contributed by atoms with van der Waals surface area (Å²) in [5.41, 5.74) is 5.69. The van der Waals surface area contributed by atoms with Crippen molar-refractivity contribution < 1.29 is 9.47 Å². The van der Waals surface area contributed by atoms with Crippen molar-refractivity contribution in [3.05, 3.63) is 0 Å². The molecular weight excluding hydrogens is 166 g/mol. The molecule has 1 aliphatic rings. The maximum atomic E-state index is 5.69. The van der Waals surface area contributed by atoms with E-state index >= 15 is 0 Å². The van der Waals surface area contributed by atoms with Gasteiger partial charge in [0.2, 0.25) is 0 Å². The summed E-state index contributed by atoms with van der Waals surface area (Å²) in [6.45, 7) is 5.56. The highest BCUT2D eigenvalue weighted by Gasteiger charge is 2.16. The number of nitrogens with two attached hydrogens (primary N) is 1. The van der Waals surface area contributed by atoms with E-state index in [4.69, 9.17) is 15.2 Å². The molecule has 0 aromatic carbocycles. The third-order valence-electron chi connectivity index (χ3n) is 2.56. The van der Waals surface area contributed by atoms with Gasteiger partial charge in [0, 0.05) is 12.6 Å². The average molecular weight is 187 g/mol. The van der Waals surface area contributed by atoms with Gasteiger partial charge < -0.3 is 15.2 Å². The lowest BCUT2D eigenvalue weighted by Crippen LogP contribution is -2.35. The van der Waals surface area contributed by atoms with Crippen LogP contribution in [0.2, 0.25) is 0 Å². The van der Waals surface area contributed by atoms with E-state index in [9.17, 15) is 0 Å². The third-order valence-corrected chi connectivity index (χ3v) is 2.56. The molecule has 0 amide bonds. The topological polar surface area (TPSA) is 44.5 Å². The first-order valence-corrected chi connectivity index (χ1v) is 5.19. The number of hydrogen-bond acceptors (Lipinski definition) is 3. The molecule has 1 aliphatic heterocycles. The quantitative estimate of drug-likeness (QED) is 0.721. The zero-order chi connectivity index (χ0) is 9.68. The Balaban J connectivity index is 2.10. The predicted octanol–water partition coefficient (Wildman–Crippen LogP) is 1.31. The molecule has 0 aliphatic carbocycles. The van der Waals surface area contributed by atoms with Crippen molar-refractivity contribution in [1.82, 2.24) is 0 Å². The third kappa shape index (κ3) is 4.07. The minimum Gasteiger partial charge on any atom is -0.376 e. The Hall–Kier alpha value is -0.120. The van der Waals surface area contributed by atoms with Gasteiger partial charge in [0.05, 0.1) is 18.8 Å². The summed E-state index contributed by atoms with van der Waals surface area (Å²) in [5, 5.41) is 0. The van der Waals surface area contributed by atoms with Crippen molar-refractivity contribution in [1.29, 1.82) is 0 Å². The molecule has 0 bridgehead atoms. The molecule has 0 radical (unpaired) electrons. The molecule has 3 atom stereocenters. The Kier molecular flexibility index (Phi) is 4.70. The van der Waals surface area contributed by atoms with Crippen LogP contribution >= 0.6 is 0 Å². The van der Waals surface area contributed by atoms with Gasteiger partial charge in [-0.2, -0.15) is 0 Å². The highest BCUT2D eigenvalue weighted by molar-refractivity contribution is 4.66. The largest absolute Gasteiger partial charge is 0.376 e. The van der Waals surface area contributed by atoms with Crippen LogP contribution in [0.1, 0.15) is 33.1 Å². The van der Waals surface area contributed by atoms with Crippen LogP contribution in [-0.2, 0) is 9.47 Å². The highest BCUT2D eigenvalue weighted by Crippen LogP contribution is 2.13. The van der Waals surface area contributed by atoms with Crippen LogP contribution in [0.15, 0.2) is 0 Å². The molecule has 1 heterocycles. The molecule has 0 spiro atoms. The molecule has 2 unspecified atom stereocenters. The van der Waals surface area contributed by atoms with Gasteiger partial charge in [-0.05, 0) is 33.1 Å². The Morgan fingerprint density at radius 1 is 1.46 bits per heavy atom. The maximum Gasteiger partial charge on any atom is 0.0808 e. The lowest BCUT2D eigenvalue weighted by atomic mass is 10.1. The molecule has 0 saturated carbocycles. The molecule has 0 aromatic rings. The van der Waals surface area contributed by atoms with E-state index in [-0.39, 0.29) is 12.1 Å². The summed E-state index contributed by atoms with van der Waals surface area (Å²) in [5.74, 6) is 0. The van der Waals surface area contributed by atoms with E-state index in [0.29, 0.717) is 12.7 Å². The summed E-state index contributed by atoms with van der Waals surface area (Å²) in [4.78, 5) is 0. The zero-order valence-electron chi connectivity index (χ0n) is 8.66. The molecule has 78 valence electrons. The molecule has 13 heavy (non-hydrogen) atoms. The normalized spacial score (nSPS) is 28.4. The lowest BCUT2D eigenvalue weighted by molar-refractivity contribution is -0.0625. The fourth-order valence-corrected chi connectivity index (χ4v) is 1.35. The molecule has 2 N–H and O–H groups in total. The zero-order valence-corrected chi connectivity index (χ0v) is 8.66. The van der Waals surface area contributed by atoms with Gasteiger partial charge in [0.15, 0.2) is 0 Å². The van der Waals surface area contributed by atoms with Crippen molar-refractivity contribution in [2.75, 3.05) is 13.2 Å². The summed E-state index contributed by atoms with van der Waals surface area (Å²) in [6.07, 6.45) is 4.02. The fraction of sp³-hybridized carbons (Fsp3) is 1.00. The molecule has 1 rings (SSSR count). The number of hydrogen-bond donors (Lipinski definition) is 1. The molecule has 3 heteroatoms. The second-order valence-electron chi connectivity index (χ2n) is 3.89. The van der Waals surface area contributed by atoms with Crippen molar-refractivity contribution in [2.24, 2.45) is 5.73 Å². The van der Waals surface area contributed by atoms with E-state index in [1.807, 2.05) is 13.8 Å². The fourth-order valence-electron chi connectivity index (χ4n) is 1.35. The van der Waals surface area contributed by atoms with Crippen molar-refractivity contribution in [3.8, 4) is 0 Å². The lowest BCUT2D eigenvalue weighted by Gasteiger charge is -2.25. The second-order valence-corrected chi connectivity index (χ2v) is 3.89. The standard InChI is InChI=1S/C10H21NO2/c1-8(11)9(2)13-7-10-5-3-4-6-12-10/h8-10H,3-7,11H2,1-2H3/t8-,9?,10?/m0/s1. The van der Waals surface area contributed by atoms with Crippen LogP contribution < -0.4 is 5.73 Å². The van der Waals surface area contributed by atoms with Gasteiger partial charge in [0.25, 0.3) is 0 Å².